The van der Waals surface area contributed by atoms with Crippen LogP contribution in [-0.2, 0) is 6.54 Å². The summed E-state index contributed by atoms with van der Waals surface area (Å²) in [5.74, 6) is -0.847. The number of halogens is 2. The molecule has 0 aliphatic rings. The summed E-state index contributed by atoms with van der Waals surface area (Å²) in [6.45, 7) is 2.14. The first-order chi connectivity index (χ1) is 7.56. The third-order valence-corrected chi connectivity index (χ3v) is 2.35. The van der Waals surface area contributed by atoms with E-state index in [1.807, 2.05) is 6.92 Å². The lowest BCUT2D eigenvalue weighted by molar-refractivity contribution is 0.577. The van der Waals surface area contributed by atoms with E-state index in [2.05, 4.69) is 4.98 Å². The maximum absolute atomic E-state index is 13.0. The molecule has 5 heteroatoms. The van der Waals surface area contributed by atoms with E-state index in [1.54, 1.807) is 10.8 Å². The predicted octanol–water partition coefficient (Wildman–Crippen LogP) is 2.10. The Morgan fingerprint density at radius 1 is 1.25 bits per heavy atom. The van der Waals surface area contributed by atoms with Crippen LogP contribution < -0.4 is 5.73 Å². The molecule has 0 atom stereocenters. The van der Waals surface area contributed by atoms with Gasteiger partial charge in [-0.05, 0) is 24.6 Å². The van der Waals surface area contributed by atoms with Crippen molar-refractivity contribution in [3.8, 4) is 0 Å². The number of aryl methyl sites for hydroxylation is 1. The van der Waals surface area contributed by atoms with Crippen LogP contribution in [0.5, 0.6) is 0 Å². The second kappa shape index (κ2) is 3.92. The van der Waals surface area contributed by atoms with Gasteiger partial charge >= 0.3 is 0 Å². The summed E-state index contributed by atoms with van der Waals surface area (Å²) in [6.07, 6.45) is 1.62. The lowest BCUT2D eigenvalue weighted by atomic mass is 10.2. The van der Waals surface area contributed by atoms with Gasteiger partial charge in [-0.2, -0.15) is 0 Å². The molecule has 0 spiro atoms. The first-order valence-electron chi connectivity index (χ1n) is 4.79. The number of hydrogen-bond acceptors (Lipinski definition) is 2. The van der Waals surface area contributed by atoms with Crippen molar-refractivity contribution in [2.24, 2.45) is 0 Å². The Labute approximate surface area is 91.5 Å². The van der Waals surface area contributed by atoms with Crippen LogP contribution in [0.2, 0.25) is 0 Å². The van der Waals surface area contributed by atoms with Crippen LogP contribution >= 0.6 is 0 Å². The molecule has 0 amide bonds. The molecule has 1 aromatic heterocycles. The molecule has 3 nitrogen and oxygen atoms in total. The van der Waals surface area contributed by atoms with E-state index in [9.17, 15) is 8.78 Å². The smallest absolute Gasteiger partial charge is 0.200 e. The van der Waals surface area contributed by atoms with Crippen LogP contribution in [-0.4, -0.2) is 9.55 Å². The third kappa shape index (κ3) is 2.03. The Hall–Kier alpha value is -1.91. The van der Waals surface area contributed by atoms with Gasteiger partial charge in [0, 0.05) is 11.8 Å². The van der Waals surface area contributed by atoms with Gasteiger partial charge in [0.15, 0.2) is 0 Å². The van der Waals surface area contributed by atoms with Gasteiger partial charge in [-0.25, -0.2) is 13.8 Å². The summed E-state index contributed by atoms with van der Waals surface area (Å²) >= 11 is 0. The Morgan fingerprint density at radius 2 is 1.88 bits per heavy atom. The van der Waals surface area contributed by atoms with Crippen LogP contribution in [0.25, 0.3) is 0 Å². The highest BCUT2D eigenvalue weighted by Crippen LogP contribution is 2.13. The summed E-state index contributed by atoms with van der Waals surface area (Å²) in [7, 11) is 0. The van der Waals surface area contributed by atoms with Crippen molar-refractivity contribution in [2.75, 3.05) is 5.73 Å². The highest BCUT2D eigenvalue weighted by molar-refractivity contribution is 5.26. The van der Waals surface area contributed by atoms with Crippen molar-refractivity contribution in [1.29, 1.82) is 0 Å². The van der Waals surface area contributed by atoms with Crippen molar-refractivity contribution < 1.29 is 8.78 Å². The number of aromatic nitrogens is 2. The average Bonchev–Trinajstić information content (AvgIpc) is 2.48. The molecule has 0 saturated carbocycles. The van der Waals surface area contributed by atoms with Crippen LogP contribution in [0.3, 0.4) is 0 Å². The second-order valence-electron chi connectivity index (χ2n) is 3.62. The third-order valence-electron chi connectivity index (χ3n) is 2.35. The zero-order chi connectivity index (χ0) is 11.7. The van der Waals surface area contributed by atoms with Gasteiger partial charge in [-0.1, -0.05) is 0 Å². The summed E-state index contributed by atoms with van der Waals surface area (Å²) < 4.78 is 27.6. The van der Waals surface area contributed by atoms with Crippen LogP contribution in [0.15, 0.2) is 24.4 Å². The minimum atomic E-state index is -0.591. The number of nitrogen functional groups attached to an aromatic ring is 1. The highest BCUT2D eigenvalue weighted by atomic mass is 19.1. The summed E-state index contributed by atoms with van der Waals surface area (Å²) in [4.78, 5) is 3.91. The fourth-order valence-electron chi connectivity index (χ4n) is 1.57. The molecule has 2 aromatic rings. The molecule has 0 fully saturated rings. The molecule has 16 heavy (non-hydrogen) atoms. The average molecular weight is 223 g/mol. The van der Waals surface area contributed by atoms with E-state index in [0.717, 1.165) is 11.8 Å². The molecule has 0 unspecified atom stereocenters. The SMILES string of the molecule is Cc1cnc(N)n1Cc1cc(F)cc(F)c1. The molecule has 0 aliphatic heterocycles. The van der Waals surface area contributed by atoms with Gasteiger partial charge in [0.2, 0.25) is 5.95 Å². The molecular weight excluding hydrogens is 212 g/mol. The van der Waals surface area contributed by atoms with E-state index in [-0.39, 0.29) is 0 Å². The summed E-state index contributed by atoms with van der Waals surface area (Å²) in [5.41, 5.74) is 7.00. The molecular formula is C11H11F2N3. The van der Waals surface area contributed by atoms with Gasteiger partial charge in [0.05, 0.1) is 12.7 Å². The number of rotatable bonds is 2. The normalized spacial score (nSPS) is 10.7. The molecule has 84 valence electrons. The Kier molecular flexibility index (Phi) is 2.60. The van der Waals surface area contributed by atoms with Crippen molar-refractivity contribution in [3.63, 3.8) is 0 Å². The number of anilines is 1. The van der Waals surface area contributed by atoms with Crippen molar-refractivity contribution >= 4 is 5.95 Å². The maximum atomic E-state index is 13.0. The molecule has 1 heterocycles. The first kappa shape index (κ1) is 10.6. The van der Waals surface area contributed by atoms with Gasteiger partial charge < -0.3 is 10.3 Å². The number of nitrogens with zero attached hydrogens (tertiary/aromatic N) is 2. The Bertz CT molecular complexity index is 480. The van der Waals surface area contributed by atoms with Crippen LogP contribution in [0, 0.1) is 18.6 Å². The molecule has 0 aliphatic carbocycles. The highest BCUT2D eigenvalue weighted by Gasteiger charge is 2.06. The molecule has 0 bridgehead atoms. The molecule has 0 saturated heterocycles. The lowest BCUT2D eigenvalue weighted by Gasteiger charge is -2.07. The monoisotopic (exact) mass is 223 g/mol. The largest absolute Gasteiger partial charge is 0.369 e. The van der Waals surface area contributed by atoms with E-state index < -0.39 is 11.6 Å². The van der Waals surface area contributed by atoms with Gasteiger partial charge in [0.1, 0.15) is 11.6 Å². The second-order valence-corrected chi connectivity index (χ2v) is 3.62. The fourth-order valence-corrected chi connectivity index (χ4v) is 1.57. The van der Waals surface area contributed by atoms with Gasteiger partial charge in [-0.15, -0.1) is 0 Å². The van der Waals surface area contributed by atoms with Crippen molar-refractivity contribution in [2.45, 2.75) is 13.5 Å². The zero-order valence-electron chi connectivity index (χ0n) is 8.74. The van der Waals surface area contributed by atoms with Gasteiger partial charge in [0.25, 0.3) is 0 Å². The van der Waals surface area contributed by atoms with Crippen molar-refractivity contribution in [3.05, 3.63) is 47.3 Å². The summed E-state index contributed by atoms with van der Waals surface area (Å²) in [5, 5.41) is 0. The van der Waals surface area contributed by atoms with E-state index in [4.69, 9.17) is 5.73 Å². The minimum Gasteiger partial charge on any atom is -0.369 e. The number of imidazole rings is 1. The van der Waals surface area contributed by atoms with E-state index >= 15 is 0 Å². The molecule has 1 aromatic carbocycles. The number of nitrogens with two attached hydrogens (primary N) is 1. The topological polar surface area (TPSA) is 43.8 Å². The zero-order valence-corrected chi connectivity index (χ0v) is 8.74. The van der Waals surface area contributed by atoms with Crippen molar-refractivity contribution in [1.82, 2.24) is 9.55 Å². The molecule has 0 radical (unpaired) electrons. The number of hydrogen-bond donors (Lipinski definition) is 1. The first-order valence-corrected chi connectivity index (χ1v) is 4.79. The number of benzene rings is 1. The van der Waals surface area contributed by atoms with E-state index in [1.165, 1.54) is 12.1 Å². The maximum Gasteiger partial charge on any atom is 0.200 e. The summed E-state index contributed by atoms with van der Waals surface area (Å²) in [6, 6.07) is 3.40. The van der Waals surface area contributed by atoms with Gasteiger partial charge in [-0.3, -0.25) is 0 Å². The van der Waals surface area contributed by atoms with Crippen LogP contribution in [0.1, 0.15) is 11.3 Å². The molecule has 2 N–H and O–H groups in total. The quantitative estimate of drug-likeness (QED) is 0.847. The van der Waals surface area contributed by atoms with E-state index in [0.29, 0.717) is 18.1 Å². The standard InChI is InChI=1S/C11H11F2N3/c1-7-5-15-11(14)16(7)6-8-2-9(12)4-10(13)3-8/h2-5H,6H2,1H3,(H2,14,15). The Balaban J connectivity index is 2.34. The minimum absolute atomic E-state index is 0.312. The lowest BCUT2D eigenvalue weighted by Crippen LogP contribution is -2.06. The fraction of sp³-hybridized carbons (Fsp3) is 0.182. The Morgan fingerprint density at radius 3 is 2.38 bits per heavy atom. The predicted molar refractivity (Wildman–Crippen MR) is 56.8 cm³/mol. The van der Waals surface area contributed by atoms with Crippen LogP contribution in [0.4, 0.5) is 14.7 Å². The molecule has 2 rings (SSSR count).